The van der Waals surface area contributed by atoms with Gasteiger partial charge in [0.25, 0.3) is 0 Å². The summed E-state index contributed by atoms with van der Waals surface area (Å²) in [6.07, 6.45) is 0. The summed E-state index contributed by atoms with van der Waals surface area (Å²) in [4.78, 5) is 34.5. The van der Waals surface area contributed by atoms with Crippen molar-refractivity contribution in [2.24, 2.45) is 0 Å². The number of para-hydroxylation sites is 1. The van der Waals surface area contributed by atoms with Crippen LogP contribution in [0.3, 0.4) is 0 Å². The number of amides is 2. The predicted octanol–water partition coefficient (Wildman–Crippen LogP) is -0.0133. The number of nitrogens with one attached hydrogen (secondary N) is 1. The van der Waals surface area contributed by atoms with Crippen LogP contribution in [0.5, 0.6) is 0 Å². The highest BCUT2D eigenvalue weighted by atomic mass is 19.1. The van der Waals surface area contributed by atoms with Crippen LogP contribution in [0.25, 0.3) is 0 Å². The highest BCUT2D eigenvalue weighted by Gasteiger charge is 2.28. The molecule has 0 aliphatic carbocycles. The summed E-state index contributed by atoms with van der Waals surface area (Å²) in [6, 6.07) is 3.56. The number of aromatic carboxylic acids is 1. The first-order valence-electron chi connectivity index (χ1n) is 5.08. The average molecular weight is 252 g/mol. The number of carbonyl (C=O) groups excluding carboxylic acids is 2. The number of hydrogen-bond acceptors (Lipinski definition) is 4. The van der Waals surface area contributed by atoms with Crippen molar-refractivity contribution in [3.05, 3.63) is 29.6 Å². The van der Waals surface area contributed by atoms with E-state index in [4.69, 9.17) is 5.11 Å². The number of rotatable bonds is 2. The van der Waals surface area contributed by atoms with E-state index in [1.54, 1.807) is 0 Å². The quantitative estimate of drug-likeness (QED) is 0.723. The van der Waals surface area contributed by atoms with Crippen LogP contribution in [0.4, 0.5) is 10.1 Å². The van der Waals surface area contributed by atoms with Crippen LogP contribution in [-0.2, 0) is 9.59 Å². The molecule has 0 spiro atoms. The number of carboxylic acids is 1. The topological polar surface area (TPSA) is 86.7 Å². The number of carboxylic acid groups (broad SMARTS) is 1. The van der Waals surface area contributed by atoms with Crippen molar-refractivity contribution in [2.45, 2.75) is 0 Å². The van der Waals surface area contributed by atoms with Crippen molar-refractivity contribution in [2.75, 3.05) is 18.0 Å². The predicted molar refractivity (Wildman–Crippen MR) is 58.7 cm³/mol. The molecule has 2 rings (SSSR count). The Morgan fingerprint density at radius 2 is 1.89 bits per heavy atom. The minimum absolute atomic E-state index is 0.242. The van der Waals surface area contributed by atoms with Crippen LogP contribution in [0.1, 0.15) is 10.4 Å². The fraction of sp³-hybridized carbons (Fsp3) is 0.182. The molecule has 0 radical (unpaired) electrons. The summed E-state index contributed by atoms with van der Waals surface area (Å²) in [6.45, 7) is -0.514. The highest BCUT2D eigenvalue weighted by Crippen LogP contribution is 2.25. The monoisotopic (exact) mass is 252 g/mol. The third kappa shape index (κ3) is 2.15. The smallest absolute Gasteiger partial charge is 0.337 e. The van der Waals surface area contributed by atoms with Crippen molar-refractivity contribution < 1.29 is 23.9 Å². The molecule has 94 valence electrons. The van der Waals surface area contributed by atoms with Crippen LogP contribution >= 0.6 is 0 Å². The molecule has 1 aliphatic heterocycles. The molecule has 1 saturated heterocycles. The van der Waals surface area contributed by atoms with Gasteiger partial charge in [-0.2, -0.15) is 0 Å². The second kappa shape index (κ2) is 4.44. The average Bonchev–Trinajstić information content (AvgIpc) is 2.26. The lowest BCUT2D eigenvalue weighted by Crippen LogP contribution is -2.52. The number of carbonyl (C=O) groups is 3. The maximum absolute atomic E-state index is 13.7. The van der Waals surface area contributed by atoms with E-state index in [0.29, 0.717) is 0 Å². The summed E-state index contributed by atoms with van der Waals surface area (Å²) in [5.41, 5.74) is -0.522. The molecule has 0 unspecified atom stereocenters. The normalized spacial score (nSPS) is 15.5. The van der Waals surface area contributed by atoms with Gasteiger partial charge in [0.2, 0.25) is 11.8 Å². The second-order valence-corrected chi connectivity index (χ2v) is 3.77. The zero-order chi connectivity index (χ0) is 13.3. The molecule has 0 saturated carbocycles. The minimum Gasteiger partial charge on any atom is -0.478 e. The van der Waals surface area contributed by atoms with Gasteiger partial charge in [0.05, 0.1) is 24.3 Å². The van der Waals surface area contributed by atoms with Gasteiger partial charge in [-0.1, -0.05) is 6.07 Å². The molecule has 1 aromatic carbocycles. The van der Waals surface area contributed by atoms with Gasteiger partial charge in [-0.15, -0.1) is 0 Å². The molecule has 1 aliphatic rings. The van der Waals surface area contributed by atoms with Gasteiger partial charge < -0.3 is 10.0 Å². The molecular weight excluding hydrogens is 243 g/mol. The molecular formula is C11H9FN2O4. The van der Waals surface area contributed by atoms with E-state index in [-0.39, 0.29) is 24.3 Å². The summed E-state index contributed by atoms with van der Waals surface area (Å²) < 4.78 is 13.7. The number of benzene rings is 1. The van der Waals surface area contributed by atoms with Crippen molar-refractivity contribution in [1.82, 2.24) is 5.32 Å². The number of nitrogens with zero attached hydrogens (tertiary/aromatic N) is 1. The first-order chi connectivity index (χ1) is 8.49. The van der Waals surface area contributed by atoms with E-state index in [1.807, 2.05) is 0 Å². The van der Waals surface area contributed by atoms with Crippen molar-refractivity contribution >= 4 is 23.5 Å². The molecule has 1 heterocycles. The van der Waals surface area contributed by atoms with Crippen LogP contribution in [-0.4, -0.2) is 36.0 Å². The minimum atomic E-state index is -1.32. The van der Waals surface area contributed by atoms with E-state index in [9.17, 15) is 18.8 Å². The third-order valence-electron chi connectivity index (χ3n) is 2.48. The van der Waals surface area contributed by atoms with Gasteiger partial charge >= 0.3 is 5.97 Å². The Kier molecular flexibility index (Phi) is 2.97. The zero-order valence-electron chi connectivity index (χ0n) is 9.14. The Hall–Kier alpha value is -2.44. The number of imide groups is 1. The number of anilines is 1. The highest BCUT2D eigenvalue weighted by molar-refractivity contribution is 6.04. The summed E-state index contributed by atoms with van der Waals surface area (Å²) in [5.74, 6) is -3.28. The summed E-state index contributed by atoms with van der Waals surface area (Å²) in [7, 11) is 0. The Balaban J connectivity index is 2.46. The van der Waals surface area contributed by atoms with E-state index < -0.39 is 23.6 Å². The van der Waals surface area contributed by atoms with E-state index in [0.717, 1.165) is 11.0 Å². The third-order valence-corrected chi connectivity index (χ3v) is 2.48. The molecule has 1 aromatic rings. The number of hydrogen-bond donors (Lipinski definition) is 2. The summed E-state index contributed by atoms with van der Waals surface area (Å²) >= 11 is 0. The second-order valence-electron chi connectivity index (χ2n) is 3.77. The molecule has 0 atom stereocenters. The van der Waals surface area contributed by atoms with Crippen LogP contribution in [0.15, 0.2) is 18.2 Å². The van der Waals surface area contributed by atoms with Crippen molar-refractivity contribution in [1.29, 1.82) is 0 Å². The molecule has 7 heteroatoms. The van der Waals surface area contributed by atoms with Gasteiger partial charge in [-0.3, -0.25) is 14.9 Å². The maximum atomic E-state index is 13.7. The van der Waals surface area contributed by atoms with Gasteiger partial charge in [-0.05, 0) is 12.1 Å². The molecule has 18 heavy (non-hydrogen) atoms. The summed E-state index contributed by atoms with van der Waals surface area (Å²) in [5, 5.41) is 11.0. The zero-order valence-corrected chi connectivity index (χ0v) is 9.14. The van der Waals surface area contributed by atoms with Gasteiger partial charge in [0, 0.05) is 0 Å². The largest absolute Gasteiger partial charge is 0.478 e. The molecule has 2 N–H and O–H groups in total. The fourth-order valence-corrected chi connectivity index (χ4v) is 1.80. The van der Waals surface area contributed by atoms with Crippen LogP contribution < -0.4 is 10.2 Å². The van der Waals surface area contributed by atoms with Gasteiger partial charge in [0.1, 0.15) is 5.82 Å². The van der Waals surface area contributed by atoms with Gasteiger partial charge in [-0.25, -0.2) is 9.18 Å². The first kappa shape index (κ1) is 12.0. The Bertz CT molecular complexity index is 528. The lowest BCUT2D eigenvalue weighted by atomic mass is 10.1. The van der Waals surface area contributed by atoms with Crippen LogP contribution in [0.2, 0.25) is 0 Å². The fourth-order valence-electron chi connectivity index (χ4n) is 1.80. The number of piperazine rings is 1. The molecule has 2 amide bonds. The van der Waals surface area contributed by atoms with E-state index in [1.165, 1.54) is 12.1 Å². The molecule has 1 fully saturated rings. The van der Waals surface area contributed by atoms with E-state index >= 15 is 0 Å². The standard InChI is InChI=1S/C11H9FN2O4/c12-7-3-1-2-6(11(17)18)10(7)14-4-8(15)13-9(16)5-14/h1-3H,4-5H2,(H,17,18)(H,13,15,16). The Labute approximate surface area is 101 Å². The van der Waals surface area contributed by atoms with Gasteiger partial charge in [0.15, 0.2) is 0 Å². The lowest BCUT2D eigenvalue weighted by molar-refractivity contribution is -0.130. The van der Waals surface area contributed by atoms with Crippen LogP contribution in [0, 0.1) is 5.82 Å². The Morgan fingerprint density at radius 1 is 1.28 bits per heavy atom. The SMILES string of the molecule is O=C1CN(c2c(F)cccc2C(=O)O)CC(=O)N1. The molecule has 0 bridgehead atoms. The first-order valence-corrected chi connectivity index (χ1v) is 5.08. The maximum Gasteiger partial charge on any atom is 0.337 e. The molecule has 0 aromatic heterocycles. The Morgan fingerprint density at radius 3 is 2.44 bits per heavy atom. The number of halogens is 1. The lowest BCUT2D eigenvalue weighted by Gasteiger charge is -2.28. The van der Waals surface area contributed by atoms with Crippen molar-refractivity contribution in [3.8, 4) is 0 Å². The van der Waals surface area contributed by atoms with Crippen molar-refractivity contribution in [3.63, 3.8) is 0 Å². The van der Waals surface area contributed by atoms with E-state index in [2.05, 4.69) is 5.32 Å². The molecule has 6 nitrogen and oxygen atoms in total.